The normalized spacial score (nSPS) is 28.6. The third-order valence-corrected chi connectivity index (χ3v) is 4.69. The van der Waals surface area contributed by atoms with Gasteiger partial charge < -0.3 is 5.32 Å². The highest BCUT2D eigenvalue weighted by molar-refractivity contribution is 6.30. The Hall–Kier alpha value is -1.09. The first-order chi connectivity index (χ1) is 9.11. The van der Waals surface area contributed by atoms with E-state index in [1.165, 1.54) is 25.3 Å². The van der Waals surface area contributed by atoms with Crippen molar-refractivity contribution in [1.29, 1.82) is 0 Å². The molecule has 0 radical (unpaired) electrons. The summed E-state index contributed by atoms with van der Waals surface area (Å²) < 4.78 is 13.6. The molecule has 19 heavy (non-hydrogen) atoms. The first-order valence-corrected chi connectivity index (χ1v) is 7.23. The quantitative estimate of drug-likeness (QED) is 0.905. The molecule has 0 aromatic heterocycles. The molecular weight excluding hydrogens is 265 g/mol. The molecule has 0 spiro atoms. The SMILES string of the molecule is O=C(Cc1ccc(Cl)cc1F)N[C@@H]1C[C@H]2CC[C@H]1C2. The van der Waals surface area contributed by atoms with Crippen molar-refractivity contribution >= 4 is 17.5 Å². The number of amides is 1. The Kier molecular flexibility index (Phi) is 3.48. The number of fused-ring (bicyclic) bond motifs is 2. The zero-order valence-electron chi connectivity index (χ0n) is 10.7. The van der Waals surface area contributed by atoms with E-state index in [1.807, 2.05) is 0 Å². The standard InChI is InChI=1S/C15H17ClFNO/c16-12-4-3-10(13(17)8-12)7-15(19)18-14-6-9-1-2-11(14)5-9/h3-4,8-9,11,14H,1-2,5-7H2,(H,18,19)/t9-,11-,14+/m0/s1. The smallest absolute Gasteiger partial charge is 0.224 e. The predicted octanol–water partition coefficient (Wildman–Crippen LogP) is 3.33. The van der Waals surface area contributed by atoms with Crippen LogP contribution in [0, 0.1) is 17.7 Å². The highest BCUT2D eigenvalue weighted by atomic mass is 35.5. The van der Waals surface area contributed by atoms with Gasteiger partial charge in [0.1, 0.15) is 5.82 Å². The van der Waals surface area contributed by atoms with Gasteiger partial charge in [0.15, 0.2) is 0 Å². The summed E-state index contributed by atoms with van der Waals surface area (Å²) in [5.41, 5.74) is 0.407. The molecule has 0 heterocycles. The van der Waals surface area contributed by atoms with Crippen LogP contribution in [0.4, 0.5) is 4.39 Å². The lowest BCUT2D eigenvalue weighted by molar-refractivity contribution is -0.121. The molecule has 3 atom stereocenters. The molecule has 4 heteroatoms. The average Bonchev–Trinajstić information content (AvgIpc) is 2.95. The number of hydrogen-bond donors (Lipinski definition) is 1. The van der Waals surface area contributed by atoms with Crippen molar-refractivity contribution in [1.82, 2.24) is 5.32 Å². The Labute approximate surface area is 117 Å². The van der Waals surface area contributed by atoms with Gasteiger partial charge in [-0.3, -0.25) is 4.79 Å². The molecule has 1 aromatic carbocycles. The van der Waals surface area contributed by atoms with Crippen molar-refractivity contribution in [3.8, 4) is 0 Å². The van der Waals surface area contributed by atoms with E-state index in [-0.39, 0.29) is 12.3 Å². The highest BCUT2D eigenvalue weighted by Crippen LogP contribution is 2.44. The summed E-state index contributed by atoms with van der Waals surface area (Å²) in [6.45, 7) is 0. The monoisotopic (exact) mass is 281 g/mol. The van der Waals surface area contributed by atoms with Crippen LogP contribution < -0.4 is 5.32 Å². The molecule has 3 rings (SSSR count). The fourth-order valence-electron chi connectivity index (χ4n) is 3.52. The second-order valence-corrected chi connectivity index (χ2v) is 6.20. The summed E-state index contributed by atoms with van der Waals surface area (Å²) in [6, 6.07) is 4.76. The molecule has 2 fully saturated rings. The summed E-state index contributed by atoms with van der Waals surface area (Å²) in [6.07, 6.45) is 4.98. The van der Waals surface area contributed by atoms with Gasteiger partial charge in [-0.15, -0.1) is 0 Å². The van der Waals surface area contributed by atoms with Crippen molar-refractivity contribution in [2.45, 2.75) is 38.1 Å². The van der Waals surface area contributed by atoms with Crippen molar-refractivity contribution in [3.63, 3.8) is 0 Å². The molecule has 2 aliphatic rings. The molecule has 0 aliphatic heterocycles. The fourth-order valence-corrected chi connectivity index (χ4v) is 3.68. The number of rotatable bonds is 3. The number of nitrogens with one attached hydrogen (secondary N) is 1. The lowest BCUT2D eigenvalue weighted by Gasteiger charge is -2.22. The molecule has 2 bridgehead atoms. The van der Waals surface area contributed by atoms with E-state index in [0.29, 0.717) is 22.5 Å². The Morgan fingerprint density at radius 1 is 1.37 bits per heavy atom. The first kappa shape index (κ1) is 12.9. The van der Waals surface area contributed by atoms with Crippen LogP contribution in [0.3, 0.4) is 0 Å². The van der Waals surface area contributed by atoms with Crippen molar-refractivity contribution in [2.24, 2.45) is 11.8 Å². The number of carbonyl (C=O) groups is 1. The minimum atomic E-state index is -0.407. The maximum Gasteiger partial charge on any atom is 0.224 e. The summed E-state index contributed by atoms with van der Waals surface area (Å²) >= 11 is 5.69. The van der Waals surface area contributed by atoms with Crippen LogP contribution in [0.15, 0.2) is 18.2 Å². The summed E-state index contributed by atoms with van der Waals surface area (Å²) in [5.74, 6) is 0.945. The minimum absolute atomic E-state index is 0.0845. The Balaban J connectivity index is 1.59. The second kappa shape index (κ2) is 5.12. The fraction of sp³-hybridized carbons (Fsp3) is 0.533. The van der Waals surface area contributed by atoms with Gasteiger partial charge in [0.2, 0.25) is 5.91 Å². The number of halogens is 2. The average molecular weight is 282 g/mol. The lowest BCUT2D eigenvalue weighted by Crippen LogP contribution is -2.39. The topological polar surface area (TPSA) is 29.1 Å². The zero-order chi connectivity index (χ0) is 13.4. The number of hydrogen-bond acceptors (Lipinski definition) is 1. The molecule has 102 valence electrons. The third-order valence-electron chi connectivity index (χ3n) is 4.45. The van der Waals surface area contributed by atoms with Crippen molar-refractivity contribution < 1.29 is 9.18 Å². The largest absolute Gasteiger partial charge is 0.353 e. The van der Waals surface area contributed by atoms with Crippen LogP contribution in [0.25, 0.3) is 0 Å². The third kappa shape index (κ3) is 2.76. The van der Waals surface area contributed by atoms with E-state index in [1.54, 1.807) is 12.1 Å². The number of carbonyl (C=O) groups excluding carboxylic acids is 1. The molecule has 0 saturated heterocycles. The van der Waals surface area contributed by atoms with Gasteiger partial charge in [-0.1, -0.05) is 24.1 Å². The van der Waals surface area contributed by atoms with Crippen molar-refractivity contribution in [2.75, 3.05) is 0 Å². The van der Waals surface area contributed by atoms with Crippen LogP contribution in [-0.4, -0.2) is 11.9 Å². The van der Waals surface area contributed by atoms with Crippen molar-refractivity contribution in [3.05, 3.63) is 34.6 Å². The molecule has 2 aliphatic carbocycles. The van der Waals surface area contributed by atoms with Gasteiger partial charge in [-0.25, -0.2) is 4.39 Å². The van der Waals surface area contributed by atoms with Gasteiger partial charge in [-0.05, 0) is 48.8 Å². The number of benzene rings is 1. The lowest BCUT2D eigenvalue weighted by atomic mass is 9.95. The van der Waals surface area contributed by atoms with E-state index in [4.69, 9.17) is 11.6 Å². The summed E-state index contributed by atoms with van der Waals surface area (Å²) in [4.78, 5) is 12.0. The van der Waals surface area contributed by atoms with Gasteiger partial charge in [-0.2, -0.15) is 0 Å². The maximum absolute atomic E-state index is 13.6. The Morgan fingerprint density at radius 2 is 2.21 bits per heavy atom. The first-order valence-electron chi connectivity index (χ1n) is 6.85. The van der Waals surface area contributed by atoms with E-state index in [2.05, 4.69) is 5.32 Å². The molecule has 2 nitrogen and oxygen atoms in total. The van der Waals surface area contributed by atoms with Gasteiger partial charge in [0, 0.05) is 11.1 Å². The molecule has 1 amide bonds. The van der Waals surface area contributed by atoms with Gasteiger partial charge >= 0.3 is 0 Å². The molecule has 0 unspecified atom stereocenters. The van der Waals surface area contributed by atoms with E-state index in [0.717, 1.165) is 12.3 Å². The molecule has 1 aromatic rings. The van der Waals surface area contributed by atoms with Gasteiger partial charge in [0.05, 0.1) is 6.42 Å². The van der Waals surface area contributed by atoms with E-state index < -0.39 is 5.82 Å². The van der Waals surface area contributed by atoms with Crippen LogP contribution >= 0.6 is 11.6 Å². The molecular formula is C15H17ClFNO. The van der Waals surface area contributed by atoms with Crippen LogP contribution in [0.1, 0.15) is 31.2 Å². The molecule has 2 saturated carbocycles. The van der Waals surface area contributed by atoms with Crippen LogP contribution in [0.5, 0.6) is 0 Å². The highest BCUT2D eigenvalue weighted by Gasteiger charge is 2.39. The van der Waals surface area contributed by atoms with E-state index in [9.17, 15) is 9.18 Å². The van der Waals surface area contributed by atoms with Crippen LogP contribution in [0.2, 0.25) is 5.02 Å². The zero-order valence-corrected chi connectivity index (χ0v) is 11.4. The summed E-state index contributed by atoms with van der Waals surface area (Å²) in [5, 5.41) is 3.42. The van der Waals surface area contributed by atoms with E-state index >= 15 is 0 Å². The Bertz CT molecular complexity index is 505. The van der Waals surface area contributed by atoms with Crippen LogP contribution in [-0.2, 0) is 11.2 Å². The minimum Gasteiger partial charge on any atom is -0.353 e. The Morgan fingerprint density at radius 3 is 2.84 bits per heavy atom. The predicted molar refractivity (Wildman–Crippen MR) is 72.5 cm³/mol. The molecule has 1 N–H and O–H groups in total. The maximum atomic E-state index is 13.6. The summed E-state index contributed by atoms with van der Waals surface area (Å²) in [7, 11) is 0. The second-order valence-electron chi connectivity index (χ2n) is 5.76. The van der Waals surface area contributed by atoms with Gasteiger partial charge in [0.25, 0.3) is 0 Å².